The van der Waals surface area contributed by atoms with Crippen molar-refractivity contribution in [1.82, 2.24) is 15.1 Å². The van der Waals surface area contributed by atoms with E-state index in [0.29, 0.717) is 12.4 Å². The summed E-state index contributed by atoms with van der Waals surface area (Å²) in [4.78, 5) is 11.9. The van der Waals surface area contributed by atoms with Crippen LogP contribution >= 0.6 is 0 Å². The topological polar surface area (TPSA) is 56.1 Å². The normalized spacial score (nSPS) is 12.2. The van der Waals surface area contributed by atoms with Crippen molar-refractivity contribution in [3.05, 3.63) is 57.9 Å². The highest BCUT2D eigenvalue weighted by Crippen LogP contribution is 2.15. The molecule has 0 fully saturated rings. The Balaban J connectivity index is 2.29. The maximum atomic E-state index is 11.9. The van der Waals surface area contributed by atoms with Crippen LogP contribution in [0.3, 0.4) is 0 Å². The van der Waals surface area contributed by atoms with Gasteiger partial charge >= 0.3 is 0 Å². The monoisotopic (exact) mass is 273 g/mol. The molecule has 0 bridgehead atoms. The van der Waals surface area contributed by atoms with Crippen molar-refractivity contribution in [2.75, 3.05) is 14.2 Å². The van der Waals surface area contributed by atoms with Gasteiger partial charge in [-0.2, -0.15) is 0 Å². The lowest BCUT2D eigenvalue weighted by molar-refractivity contribution is 0.364. The van der Waals surface area contributed by atoms with Crippen molar-refractivity contribution >= 4 is 0 Å². The quantitative estimate of drug-likeness (QED) is 0.897. The van der Waals surface area contributed by atoms with Crippen LogP contribution in [0.15, 0.2) is 41.2 Å². The number of nitrogens with zero attached hydrogens (tertiary/aromatic N) is 2. The fourth-order valence-electron chi connectivity index (χ4n) is 2.09. The van der Waals surface area contributed by atoms with Crippen molar-refractivity contribution in [2.24, 2.45) is 0 Å². The lowest BCUT2D eigenvalue weighted by Crippen LogP contribution is -2.30. The summed E-state index contributed by atoms with van der Waals surface area (Å²) >= 11 is 0. The molecule has 0 saturated carbocycles. The number of ether oxygens (including phenoxy) is 1. The molecule has 1 unspecified atom stereocenters. The molecule has 0 amide bonds. The van der Waals surface area contributed by atoms with Crippen molar-refractivity contribution in [2.45, 2.75) is 19.5 Å². The molecule has 5 nitrogen and oxygen atoms in total. The van der Waals surface area contributed by atoms with Crippen LogP contribution < -0.4 is 15.6 Å². The summed E-state index contributed by atoms with van der Waals surface area (Å²) in [5.41, 5.74) is 2.18. The zero-order valence-electron chi connectivity index (χ0n) is 12.0. The first-order chi connectivity index (χ1) is 9.63. The minimum Gasteiger partial charge on any atom is -0.480 e. The van der Waals surface area contributed by atoms with Crippen molar-refractivity contribution in [1.29, 1.82) is 0 Å². The zero-order chi connectivity index (χ0) is 14.5. The zero-order valence-corrected chi connectivity index (χ0v) is 12.0. The van der Waals surface area contributed by atoms with E-state index in [1.807, 2.05) is 32.2 Å². The van der Waals surface area contributed by atoms with Crippen LogP contribution in [0.25, 0.3) is 0 Å². The first kappa shape index (κ1) is 14.3. The van der Waals surface area contributed by atoms with E-state index < -0.39 is 0 Å². The summed E-state index contributed by atoms with van der Waals surface area (Å²) in [6.07, 6.45) is 0. The van der Waals surface area contributed by atoms with Gasteiger partial charge in [0.05, 0.1) is 19.7 Å². The number of aryl methyl sites for hydroxylation is 1. The fraction of sp³-hybridized carbons (Fsp3) is 0.333. The molecule has 1 aromatic carbocycles. The summed E-state index contributed by atoms with van der Waals surface area (Å²) in [6.45, 7) is 2.50. The molecule has 20 heavy (non-hydrogen) atoms. The molecule has 2 rings (SSSR count). The van der Waals surface area contributed by atoms with E-state index in [4.69, 9.17) is 4.74 Å². The Morgan fingerprint density at radius 3 is 2.80 bits per heavy atom. The standard InChI is InChI=1S/C15H19N3O2/c1-11-5-4-6-12(9-11)13(16-2)10-18-15(19)8-7-14(17-18)20-3/h4-9,13,16H,10H2,1-3H3. The molecule has 1 heterocycles. The molecule has 0 saturated heterocycles. The number of hydrogen-bond donors (Lipinski definition) is 1. The van der Waals surface area contributed by atoms with Gasteiger partial charge in [-0.15, -0.1) is 5.10 Å². The number of aromatic nitrogens is 2. The average Bonchev–Trinajstić information content (AvgIpc) is 2.46. The molecule has 5 heteroatoms. The third-order valence-electron chi connectivity index (χ3n) is 3.20. The van der Waals surface area contributed by atoms with Gasteiger partial charge in [0.15, 0.2) is 0 Å². The van der Waals surface area contributed by atoms with E-state index in [0.717, 1.165) is 5.56 Å². The first-order valence-electron chi connectivity index (χ1n) is 6.50. The predicted octanol–water partition coefficient (Wildman–Crippen LogP) is 1.52. The summed E-state index contributed by atoms with van der Waals surface area (Å²) in [5.74, 6) is 0.434. The molecule has 0 radical (unpaired) electrons. The minimum atomic E-state index is -0.140. The van der Waals surface area contributed by atoms with Crippen molar-refractivity contribution in [3.8, 4) is 5.88 Å². The van der Waals surface area contributed by atoms with Gasteiger partial charge in [-0.3, -0.25) is 4.79 Å². The van der Waals surface area contributed by atoms with Gasteiger partial charge in [0, 0.05) is 12.1 Å². The number of likely N-dealkylation sites (N-methyl/N-ethyl adjacent to an activating group) is 1. The van der Waals surface area contributed by atoms with E-state index >= 15 is 0 Å². The average molecular weight is 273 g/mol. The Labute approximate surface area is 118 Å². The molecular formula is C15H19N3O2. The Kier molecular flexibility index (Phi) is 4.53. The smallest absolute Gasteiger partial charge is 0.267 e. The largest absolute Gasteiger partial charge is 0.480 e. The highest BCUT2D eigenvalue weighted by atomic mass is 16.5. The van der Waals surface area contributed by atoms with E-state index in [9.17, 15) is 4.79 Å². The molecule has 2 aromatic rings. The van der Waals surface area contributed by atoms with Crippen LogP contribution in [0.1, 0.15) is 17.2 Å². The molecule has 1 aromatic heterocycles. The second kappa shape index (κ2) is 6.34. The lowest BCUT2D eigenvalue weighted by Gasteiger charge is -2.18. The first-order valence-corrected chi connectivity index (χ1v) is 6.50. The Bertz CT molecular complexity index is 637. The van der Waals surface area contributed by atoms with Gasteiger partial charge in [-0.25, -0.2) is 4.68 Å². The number of rotatable bonds is 5. The second-order valence-electron chi connectivity index (χ2n) is 4.65. The summed E-state index contributed by atoms with van der Waals surface area (Å²) in [5, 5.41) is 7.39. The Morgan fingerprint density at radius 2 is 2.15 bits per heavy atom. The van der Waals surface area contributed by atoms with Crippen LogP contribution in [0, 0.1) is 6.92 Å². The number of hydrogen-bond acceptors (Lipinski definition) is 4. The number of nitrogens with one attached hydrogen (secondary N) is 1. The number of benzene rings is 1. The van der Waals surface area contributed by atoms with Crippen LogP contribution in [0.5, 0.6) is 5.88 Å². The Hall–Kier alpha value is -2.14. The van der Waals surface area contributed by atoms with Crippen molar-refractivity contribution < 1.29 is 4.74 Å². The highest BCUT2D eigenvalue weighted by molar-refractivity contribution is 5.25. The van der Waals surface area contributed by atoms with E-state index in [2.05, 4.69) is 16.5 Å². The molecule has 1 atom stereocenters. The molecule has 0 aliphatic rings. The van der Waals surface area contributed by atoms with Gasteiger partial charge in [-0.1, -0.05) is 29.8 Å². The van der Waals surface area contributed by atoms with E-state index in [-0.39, 0.29) is 11.6 Å². The van der Waals surface area contributed by atoms with Gasteiger partial charge in [0.1, 0.15) is 0 Å². The predicted molar refractivity (Wildman–Crippen MR) is 78.0 cm³/mol. The van der Waals surface area contributed by atoms with Gasteiger partial charge < -0.3 is 10.1 Å². The third-order valence-corrected chi connectivity index (χ3v) is 3.20. The molecule has 106 valence electrons. The maximum Gasteiger partial charge on any atom is 0.267 e. The van der Waals surface area contributed by atoms with Crippen LogP contribution in [-0.2, 0) is 6.54 Å². The molecule has 0 aliphatic carbocycles. The van der Waals surface area contributed by atoms with E-state index in [1.165, 1.54) is 23.4 Å². The maximum absolute atomic E-state index is 11.9. The molecule has 0 spiro atoms. The van der Waals surface area contributed by atoms with Crippen LogP contribution in [0.4, 0.5) is 0 Å². The number of methoxy groups -OCH3 is 1. The SMILES string of the molecule is CNC(Cn1nc(OC)ccc1=O)c1cccc(C)c1. The Morgan fingerprint density at radius 1 is 1.35 bits per heavy atom. The second-order valence-corrected chi connectivity index (χ2v) is 4.65. The van der Waals surface area contributed by atoms with Gasteiger partial charge in [0.2, 0.25) is 5.88 Å². The summed E-state index contributed by atoms with van der Waals surface area (Å²) < 4.78 is 6.48. The summed E-state index contributed by atoms with van der Waals surface area (Å²) in [7, 11) is 3.41. The van der Waals surface area contributed by atoms with Crippen LogP contribution in [0.2, 0.25) is 0 Å². The van der Waals surface area contributed by atoms with Gasteiger partial charge in [0.25, 0.3) is 5.56 Å². The molecule has 1 N–H and O–H groups in total. The third kappa shape index (κ3) is 3.24. The molecular weight excluding hydrogens is 254 g/mol. The minimum absolute atomic E-state index is 0.0206. The van der Waals surface area contributed by atoms with Gasteiger partial charge in [-0.05, 0) is 19.5 Å². The summed E-state index contributed by atoms with van der Waals surface area (Å²) in [6, 6.07) is 11.3. The fourth-order valence-corrected chi connectivity index (χ4v) is 2.09. The lowest BCUT2D eigenvalue weighted by atomic mass is 10.0. The highest BCUT2D eigenvalue weighted by Gasteiger charge is 2.12. The van der Waals surface area contributed by atoms with Crippen LogP contribution in [-0.4, -0.2) is 23.9 Å². The van der Waals surface area contributed by atoms with Crippen molar-refractivity contribution in [3.63, 3.8) is 0 Å². The van der Waals surface area contributed by atoms with E-state index in [1.54, 1.807) is 6.07 Å². The molecule has 0 aliphatic heterocycles.